The second kappa shape index (κ2) is 5.07. The number of aliphatic hydroxyl groups excluding tert-OH is 2. The van der Waals surface area contributed by atoms with Crippen LogP contribution in [0, 0.1) is 17.0 Å². The van der Waals surface area contributed by atoms with E-state index in [0.29, 0.717) is 11.4 Å². The second-order valence-corrected chi connectivity index (χ2v) is 4.12. The highest BCUT2D eigenvalue weighted by atomic mass is 16.6. The monoisotopic (exact) mass is 241 g/mol. The first kappa shape index (κ1) is 13.3. The third-order valence-electron chi connectivity index (χ3n) is 2.41. The molecule has 94 valence electrons. The number of nitrogens with one attached hydrogen (secondary N) is 1. The van der Waals surface area contributed by atoms with Crippen LogP contribution in [-0.2, 0) is 0 Å². The first-order chi connectivity index (χ1) is 7.91. The minimum absolute atomic E-state index is 0.0646. The maximum absolute atomic E-state index is 10.6. The molecule has 0 fully saturated rings. The molecule has 0 aliphatic carbocycles. The fourth-order valence-corrected chi connectivity index (χ4v) is 1.25. The molecule has 0 unspecified atom stereocenters. The molecule has 1 rings (SSSR count). The Labute approximate surface area is 98.3 Å². The van der Waals surface area contributed by atoms with Crippen molar-refractivity contribution in [2.75, 3.05) is 18.5 Å². The molecule has 1 aromatic heterocycles. The number of hydrogen-bond acceptors (Lipinski definition) is 6. The molecule has 7 heteroatoms. The van der Waals surface area contributed by atoms with Gasteiger partial charge in [-0.3, -0.25) is 10.1 Å². The summed E-state index contributed by atoms with van der Waals surface area (Å²) in [7, 11) is 0. The van der Waals surface area contributed by atoms with Gasteiger partial charge in [-0.15, -0.1) is 0 Å². The lowest BCUT2D eigenvalue weighted by molar-refractivity contribution is -0.385. The highest BCUT2D eigenvalue weighted by Gasteiger charge is 2.23. The van der Waals surface area contributed by atoms with Crippen LogP contribution in [0.25, 0.3) is 0 Å². The molecule has 0 aromatic carbocycles. The molecule has 0 spiro atoms. The molecule has 3 N–H and O–H groups in total. The Morgan fingerprint density at radius 1 is 1.53 bits per heavy atom. The Kier molecular flexibility index (Phi) is 3.97. The quantitative estimate of drug-likeness (QED) is 0.510. The number of rotatable bonds is 5. The van der Waals surface area contributed by atoms with Crippen molar-refractivity contribution in [2.24, 2.45) is 0 Å². The lowest BCUT2D eigenvalue weighted by atomic mass is 10.1. The number of nitro groups is 1. The predicted octanol–water partition coefficient (Wildman–Crippen LogP) is 0.453. The number of nitrogens with zero attached hydrogens (tertiary/aromatic N) is 2. The van der Waals surface area contributed by atoms with E-state index in [1.54, 1.807) is 13.8 Å². The smallest absolute Gasteiger partial charge is 0.290 e. The van der Waals surface area contributed by atoms with Crippen molar-refractivity contribution in [3.05, 3.63) is 27.9 Å². The Bertz CT molecular complexity index is 418. The Balaban J connectivity index is 2.95. The number of aryl methyl sites for hydroxylation is 1. The van der Waals surface area contributed by atoms with E-state index < -0.39 is 10.5 Å². The topological polar surface area (TPSA) is 109 Å². The molecule has 1 aromatic rings. The zero-order valence-corrected chi connectivity index (χ0v) is 9.67. The van der Waals surface area contributed by atoms with Gasteiger partial charge in [0, 0.05) is 5.56 Å². The summed E-state index contributed by atoms with van der Waals surface area (Å²) in [6.07, 6.45) is 1.15. The third kappa shape index (κ3) is 3.11. The van der Waals surface area contributed by atoms with Gasteiger partial charge in [0.1, 0.15) is 12.0 Å². The molecule has 0 radical (unpaired) electrons. The highest BCUT2D eigenvalue weighted by molar-refractivity contribution is 5.48. The number of aliphatic hydroxyl groups is 2. The molecule has 0 atom stereocenters. The van der Waals surface area contributed by atoms with Gasteiger partial charge < -0.3 is 15.5 Å². The second-order valence-electron chi connectivity index (χ2n) is 4.12. The van der Waals surface area contributed by atoms with Crippen LogP contribution in [0.5, 0.6) is 0 Å². The average molecular weight is 241 g/mol. The molecule has 0 amide bonds. The van der Waals surface area contributed by atoms with E-state index in [1.807, 2.05) is 0 Å². The molecule has 7 nitrogen and oxygen atoms in total. The van der Waals surface area contributed by atoms with E-state index in [-0.39, 0.29) is 18.9 Å². The summed E-state index contributed by atoms with van der Waals surface area (Å²) in [5.74, 6) is 0.374. The highest BCUT2D eigenvalue weighted by Crippen LogP contribution is 2.20. The molecule has 0 bridgehead atoms. The van der Waals surface area contributed by atoms with Crippen molar-refractivity contribution in [1.29, 1.82) is 0 Å². The van der Waals surface area contributed by atoms with E-state index >= 15 is 0 Å². The van der Waals surface area contributed by atoms with Crippen molar-refractivity contribution in [3.8, 4) is 0 Å². The van der Waals surface area contributed by atoms with Gasteiger partial charge in [-0.05, 0) is 19.9 Å². The molecule has 0 aliphatic rings. The molecule has 0 saturated carbocycles. The minimum atomic E-state index is -0.907. The molecular formula is C10H15N3O4. The van der Waals surface area contributed by atoms with Crippen LogP contribution in [0.1, 0.15) is 12.5 Å². The van der Waals surface area contributed by atoms with E-state index in [0.717, 1.165) is 6.20 Å². The summed E-state index contributed by atoms with van der Waals surface area (Å²) >= 11 is 0. The normalized spacial score (nSPS) is 11.3. The van der Waals surface area contributed by atoms with Gasteiger partial charge in [0.2, 0.25) is 0 Å². The van der Waals surface area contributed by atoms with Gasteiger partial charge in [-0.2, -0.15) is 0 Å². The largest absolute Gasteiger partial charge is 0.394 e. The van der Waals surface area contributed by atoms with E-state index in [4.69, 9.17) is 10.2 Å². The zero-order valence-electron chi connectivity index (χ0n) is 9.67. The molecular weight excluding hydrogens is 226 g/mol. The van der Waals surface area contributed by atoms with Crippen LogP contribution in [0.4, 0.5) is 11.5 Å². The van der Waals surface area contributed by atoms with Crippen LogP contribution in [0.2, 0.25) is 0 Å². The van der Waals surface area contributed by atoms with E-state index in [1.165, 1.54) is 6.07 Å². The third-order valence-corrected chi connectivity index (χ3v) is 2.41. The molecule has 1 heterocycles. The fourth-order valence-electron chi connectivity index (χ4n) is 1.25. The summed E-state index contributed by atoms with van der Waals surface area (Å²) in [5, 5.41) is 31.6. The average Bonchev–Trinajstić information content (AvgIpc) is 2.28. The van der Waals surface area contributed by atoms with Crippen molar-refractivity contribution in [2.45, 2.75) is 19.4 Å². The summed E-state index contributed by atoms with van der Waals surface area (Å²) in [4.78, 5) is 14.0. The van der Waals surface area contributed by atoms with Crippen molar-refractivity contribution >= 4 is 11.5 Å². The van der Waals surface area contributed by atoms with E-state index in [9.17, 15) is 10.1 Å². The number of aromatic nitrogens is 1. The lowest BCUT2D eigenvalue weighted by Crippen LogP contribution is -2.42. The summed E-state index contributed by atoms with van der Waals surface area (Å²) < 4.78 is 0. The van der Waals surface area contributed by atoms with Crippen molar-refractivity contribution in [1.82, 2.24) is 4.98 Å². The van der Waals surface area contributed by atoms with Crippen LogP contribution >= 0.6 is 0 Å². The summed E-state index contributed by atoms with van der Waals surface area (Å²) in [6.45, 7) is 2.66. The van der Waals surface area contributed by atoms with Crippen molar-refractivity contribution < 1.29 is 15.1 Å². The maximum Gasteiger partial charge on any atom is 0.290 e. The Morgan fingerprint density at radius 3 is 2.53 bits per heavy atom. The standard InChI is InChI=1S/C10H15N3O4/c1-7-3-9(11-4-8(7)13(16)17)12-10(2,5-14)6-15/h3-4,14-15H,5-6H2,1-2H3,(H,11,12). The van der Waals surface area contributed by atoms with Gasteiger partial charge in [-0.25, -0.2) is 4.98 Å². The van der Waals surface area contributed by atoms with Gasteiger partial charge in [0.05, 0.1) is 23.7 Å². The predicted molar refractivity (Wildman–Crippen MR) is 61.8 cm³/mol. The van der Waals surface area contributed by atoms with Gasteiger partial charge in [-0.1, -0.05) is 0 Å². The van der Waals surface area contributed by atoms with E-state index in [2.05, 4.69) is 10.3 Å². The zero-order chi connectivity index (χ0) is 13.1. The first-order valence-corrected chi connectivity index (χ1v) is 5.03. The molecule has 0 saturated heterocycles. The Hall–Kier alpha value is -1.73. The maximum atomic E-state index is 10.6. The number of pyridine rings is 1. The van der Waals surface area contributed by atoms with Crippen LogP contribution in [-0.4, -0.2) is 38.9 Å². The van der Waals surface area contributed by atoms with Crippen LogP contribution < -0.4 is 5.32 Å². The van der Waals surface area contributed by atoms with Crippen LogP contribution in [0.3, 0.4) is 0 Å². The number of anilines is 1. The first-order valence-electron chi connectivity index (χ1n) is 5.03. The van der Waals surface area contributed by atoms with Gasteiger partial charge >= 0.3 is 0 Å². The van der Waals surface area contributed by atoms with Crippen molar-refractivity contribution in [3.63, 3.8) is 0 Å². The van der Waals surface area contributed by atoms with Gasteiger partial charge in [0.15, 0.2) is 0 Å². The molecule has 17 heavy (non-hydrogen) atoms. The summed E-state index contributed by atoms with van der Waals surface area (Å²) in [5.41, 5.74) is -0.508. The Morgan fingerprint density at radius 2 is 2.12 bits per heavy atom. The van der Waals surface area contributed by atoms with Crippen LogP contribution in [0.15, 0.2) is 12.3 Å². The van der Waals surface area contributed by atoms with Gasteiger partial charge in [0.25, 0.3) is 5.69 Å². The number of hydrogen-bond donors (Lipinski definition) is 3. The molecule has 0 aliphatic heterocycles. The minimum Gasteiger partial charge on any atom is -0.394 e. The lowest BCUT2D eigenvalue weighted by Gasteiger charge is -2.26. The fraction of sp³-hybridized carbons (Fsp3) is 0.500. The SMILES string of the molecule is Cc1cc(NC(C)(CO)CO)ncc1[N+](=O)[O-]. The summed E-state index contributed by atoms with van der Waals surface area (Å²) in [6, 6.07) is 1.50.